The van der Waals surface area contributed by atoms with E-state index in [0.29, 0.717) is 6.42 Å². The first-order chi connectivity index (χ1) is 8.44. The molecule has 0 bridgehead atoms. The summed E-state index contributed by atoms with van der Waals surface area (Å²) in [5.41, 5.74) is 0. The largest absolute Gasteiger partial charge is 0.405 e. The zero-order valence-corrected chi connectivity index (χ0v) is 11.2. The van der Waals surface area contributed by atoms with Crippen LogP contribution >= 0.6 is 11.8 Å². The van der Waals surface area contributed by atoms with Gasteiger partial charge in [0.1, 0.15) is 6.54 Å². The number of rotatable bonds is 6. The number of alkyl halides is 3. The van der Waals surface area contributed by atoms with Gasteiger partial charge in [0.05, 0.1) is 6.04 Å². The lowest BCUT2D eigenvalue weighted by molar-refractivity contribution is -0.141. The maximum atomic E-state index is 12.0. The van der Waals surface area contributed by atoms with Gasteiger partial charge in [-0.2, -0.15) is 24.9 Å². The normalized spacial score (nSPS) is 21.2. The quantitative estimate of drug-likeness (QED) is 0.756. The molecule has 1 aliphatic rings. The Hall–Kier alpha value is -0.430. The molecule has 106 valence electrons. The number of nitrogens with one attached hydrogen (secondary N) is 1. The highest BCUT2D eigenvalue weighted by molar-refractivity contribution is 7.98. The third-order valence-electron chi connectivity index (χ3n) is 2.92. The standard InChI is InChI=1S/C11H19F3N2OS/c1-18-7-3-6-16-5-2-4-9(16)10(17)15-8-11(12,13)14/h9H,2-8H2,1H3,(H,15,17)/t9-/m1/s1. The maximum Gasteiger partial charge on any atom is 0.405 e. The average Bonchev–Trinajstić information content (AvgIpc) is 2.74. The van der Waals surface area contributed by atoms with Crippen molar-refractivity contribution < 1.29 is 18.0 Å². The van der Waals surface area contributed by atoms with Crippen LogP contribution in [0.15, 0.2) is 0 Å². The van der Waals surface area contributed by atoms with Crippen LogP contribution in [-0.2, 0) is 4.79 Å². The van der Waals surface area contributed by atoms with Gasteiger partial charge in [0.2, 0.25) is 5.91 Å². The number of carbonyl (C=O) groups excluding carboxylic acids is 1. The van der Waals surface area contributed by atoms with Crippen LogP contribution in [-0.4, -0.2) is 54.7 Å². The molecule has 0 unspecified atom stereocenters. The minimum absolute atomic E-state index is 0.380. The van der Waals surface area contributed by atoms with Crippen LogP contribution in [0.5, 0.6) is 0 Å². The summed E-state index contributed by atoms with van der Waals surface area (Å²) in [6.45, 7) is 0.352. The van der Waals surface area contributed by atoms with Crippen LogP contribution in [0, 0.1) is 0 Å². The van der Waals surface area contributed by atoms with E-state index in [1.165, 1.54) is 0 Å². The summed E-state index contributed by atoms with van der Waals surface area (Å²) >= 11 is 1.73. The fraction of sp³-hybridized carbons (Fsp3) is 0.909. The molecule has 1 rings (SSSR count). The minimum atomic E-state index is -4.34. The van der Waals surface area contributed by atoms with Gasteiger partial charge in [-0.05, 0) is 44.4 Å². The fourth-order valence-electron chi connectivity index (χ4n) is 2.11. The van der Waals surface area contributed by atoms with Crippen LogP contribution in [0.25, 0.3) is 0 Å². The number of amides is 1. The zero-order chi connectivity index (χ0) is 13.6. The van der Waals surface area contributed by atoms with Gasteiger partial charge >= 0.3 is 6.18 Å². The van der Waals surface area contributed by atoms with E-state index in [9.17, 15) is 18.0 Å². The van der Waals surface area contributed by atoms with Crippen LogP contribution in [0.2, 0.25) is 0 Å². The minimum Gasteiger partial charge on any atom is -0.346 e. The first-order valence-corrected chi connectivity index (χ1v) is 7.41. The van der Waals surface area contributed by atoms with E-state index >= 15 is 0 Å². The molecule has 0 aromatic carbocycles. The van der Waals surface area contributed by atoms with Crippen molar-refractivity contribution in [3.8, 4) is 0 Å². The Morgan fingerprint density at radius 2 is 2.22 bits per heavy atom. The van der Waals surface area contributed by atoms with Crippen molar-refractivity contribution in [2.24, 2.45) is 0 Å². The lowest BCUT2D eigenvalue weighted by Crippen LogP contribution is -2.46. The summed E-state index contributed by atoms with van der Waals surface area (Å²) < 4.78 is 36.1. The van der Waals surface area contributed by atoms with E-state index in [1.54, 1.807) is 11.8 Å². The molecule has 1 atom stereocenters. The molecule has 0 aliphatic carbocycles. The van der Waals surface area contributed by atoms with E-state index in [2.05, 4.69) is 0 Å². The van der Waals surface area contributed by atoms with Gasteiger partial charge in [-0.15, -0.1) is 0 Å². The Labute approximate surface area is 109 Å². The monoisotopic (exact) mass is 284 g/mol. The molecule has 1 fully saturated rings. The summed E-state index contributed by atoms with van der Waals surface area (Å²) in [6, 6.07) is -0.380. The second-order valence-electron chi connectivity index (χ2n) is 4.37. The lowest BCUT2D eigenvalue weighted by Gasteiger charge is -2.23. The van der Waals surface area contributed by atoms with Crippen molar-refractivity contribution >= 4 is 17.7 Å². The average molecular weight is 284 g/mol. The predicted molar refractivity (Wildman–Crippen MR) is 66.7 cm³/mol. The molecule has 0 spiro atoms. The molecule has 0 aromatic heterocycles. The van der Waals surface area contributed by atoms with Crippen LogP contribution in [0.1, 0.15) is 19.3 Å². The van der Waals surface area contributed by atoms with Gasteiger partial charge < -0.3 is 5.32 Å². The van der Waals surface area contributed by atoms with Crippen LogP contribution in [0.4, 0.5) is 13.2 Å². The second-order valence-corrected chi connectivity index (χ2v) is 5.36. The lowest BCUT2D eigenvalue weighted by atomic mass is 10.2. The van der Waals surface area contributed by atoms with Gasteiger partial charge in [0.15, 0.2) is 0 Å². The van der Waals surface area contributed by atoms with Crippen LogP contribution in [0.3, 0.4) is 0 Å². The van der Waals surface area contributed by atoms with Gasteiger partial charge in [-0.1, -0.05) is 0 Å². The van der Waals surface area contributed by atoms with E-state index in [1.807, 2.05) is 16.5 Å². The first-order valence-electron chi connectivity index (χ1n) is 6.01. The van der Waals surface area contributed by atoms with E-state index in [0.717, 1.165) is 31.7 Å². The molecular weight excluding hydrogens is 265 g/mol. The number of hydrogen-bond donors (Lipinski definition) is 1. The highest BCUT2D eigenvalue weighted by Crippen LogP contribution is 2.19. The van der Waals surface area contributed by atoms with Crippen molar-refractivity contribution in [3.63, 3.8) is 0 Å². The highest BCUT2D eigenvalue weighted by Gasteiger charge is 2.33. The van der Waals surface area contributed by atoms with Crippen molar-refractivity contribution in [2.45, 2.75) is 31.5 Å². The van der Waals surface area contributed by atoms with Gasteiger partial charge in [0, 0.05) is 0 Å². The summed E-state index contributed by atoms with van der Waals surface area (Å²) in [5.74, 6) is 0.516. The smallest absolute Gasteiger partial charge is 0.346 e. The van der Waals surface area contributed by atoms with E-state index in [4.69, 9.17) is 0 Å². The van der Waals surface area contributed by atoms with Gasteiger partial charge in [-0.3, -0.25) is 9.69 Å². The molecule has 1 amide bonds. The number of thioether (sulfide) groups is 1. The number of likely N-dealkylation sites (tertiary alicyclic amines) is 1. The Balaban J connectivity index is 2.36. The molecule has 1 saturated heterocycles. The Morgan fingerprint density at radius 3 is 2.83 bits per heavy atom. The Morgan fingerprint density at radius 1 is 1.50 bits per heavy atom. The molecule has 7 heteroatoms. The fourth-order valence-corrected chi connectivity index (χ4v) is 2.53. The molecule has 1 N–H and O–H groups in total. The predicted octanol–water partition coefficient (Wildman–Crippen LogP) is 1.88. The van der Waals surface area contributed by atoms with Crippen molar-refractivity contribution in [2.75, 3.05) is 31.6 Å². The molecule has 0 saturated carbocycles. The third kappa shape index (κ3) is 5.48. The van der Waals surface area contributed by atoms with Gasteiger partial charge in [0.25, 0.3) is 0 Å². The Bertz CT molecular complexity index is 274. The third-order valence-corrected chi connectivity index (χ3v) is 3.62. The van der Waals surface area contributed by atoms with Gasteiger partial charge in [-0.25, -0.2) is 0 Å². The summed E-state index contributed by atoms with van der Waals surface area (Å²) in [6.07, 6.45) is 0.173. The first kappa shape index (κ1) is 15.6. The number of carbonyl (C=O) groups is 1. The second kappa shape index (κ2) is 7.23. The number of nitrogens with zero attached hydrogens (tertiary/aromatic N) is 1. The van der Waals surface area contributed by atoms with E-state index in [-0.39, 0.29) is 6.04 Å². The highest BCUT2D eigenvalue weighted by atomic mass is 32.2. The molecule has 3 nitrogen and oxygen atoms in total. The molecular formula is C11H19F3N2OS. The summed E-state index contributed by atoms with van der Waals surface area (Å²) in [4.78, 5) is 13.7. The number of halogens is 3. The molecule has 0 radical (unpaired) electrons. The maximum absolute atomic E-state index is 12.0. The molecule has 1 aliphatic heterocycles. The Kier molecular flexibility index (Phi) is 6.28. The SMILES string of the molecule is CSCCCN1CCC[C@@H]1C(=O)NCC(F)(F)F. The number of hydrogen-bond acceptors (Lipinski definition) is 3. The van der Waals surface area contributed by atoms with Crippen molar-refractivity contribution in [1.82, 2.24) is 10.2 Å². The molecule has 18 heavy (non-hydrogen) atoms. The zero-order valence-electron chi connectivity index (χ0n) is 10.4. The van der Waals surface area contributed by atoms with Crippen molar-refractivity contribution in [3.05, 3.63) is 0 Å². The summed E-state index contributed by atoms with van der Waals surface area (Å²) in [7, 11) is 0. The van der Waals surface area contributed by atoms with Crippen LogP contribution < -0.4 is 5.32 Å². The topological polar surface area (TPSA) is 32.3 Å². The van der Waals surface area contributed by atoms with Crippen molar-refractivity contribution in [1.29, 1.82) is 0 Å². The molecule has 0 aromatic rings. The molecule has 1 heterocycles. The summed E-state index contributed by atoms with van der Waals surface area (Å²) in [5, 5.41) is 1.97. The van der Waals surface area contributed by atoms with E-state index < -0.39 is 18.6 Å².